The first kappa shape index (κ1) is 10.1. The molecule has 2 N–H and O–H groups in total. The van der Waals surface area contributed by atoms with Gasteiger partial charge in [-0.1, -0.05) is 6.07 Å². The van der Waals surface area contributed by atoms with Crippen LogP contribution in [0.2, 0.25) is 0 Å². The normalized spacial score (nSPS) is 16.5. The van der Waals surface area contributed by atoms with E-state index in [1.165, 1.54) is 0 Å². The third-order valence-electron chi connectivity index (χ3n) is 2.58. The maximum atomic E-state index is 5.97. The van der Waals surface area contributed by atoms with E-state index in [1.807, 2.05) is 18.2 Å². The lowest BCUT2D eigenvalue weighted by atomic mass is 10.2. The number of methoxy groups -OCH3 is 1. The summed E-state index contributed by atoms with van der Waals surface area (Å²) in [5, 5.41) is 0. The number of anilines is 2. The first-order valence-electron chi connectivity index (χ1n) is 5.08. The Hall–Kier alpha value is -1.42. The number of morpholine rings is 1. The van der Waals surface area contributed by atoms with E-state index in [9.17, 15) is 0 Å². The number of hydrogen-bond donors (Lipinski definition) is 1. The monoisotopic (exact) mass is 208 g/mol. The predicted octanol–water partition coefficient (Wildman–Crippen LogP) is 1.11. The summed E-state index contributed by atoms with van der Waals surface area (Å²) in [6.07, 6.45) is 0. The fourth-order valence-corrected chi connectivity index (χ4v) is 1.83. The molecule has 82 valence electrons. The van der Waals surface area contributed by atoms with E-state index in [0.29, 0.717) is 0 Å². The molecule has 2 rings (SSSR count). The molecule has 0 spiro atoms. The molecule has 0 saturated carbocycles. The van der Waals surface area contributed by atoms with Crippen molar-refractivity contribution in [1.29, 1.82) is 0 Å². The second-order valence-electron chi connectivity index (χ2n) is 3.50. The SMILES string of the molecule is COc1cccc(N)c1N1CCOCC1. The molecule has 1 aromatic carbocycles. The molecule has 4 heteroatoms. The van der Waals surface area contributed by atoms with E-state index in [0.717, 1.165) is 43.4 Å². The molecular weight excluding hydrogens is 192 g/mol. The molecule has 0 aliphatic carbocycles. The van der Waals surface area contributed by atoms with Gasteiger partial charge in [-0.25, -0.2) is 0 Å². The van der Waals surface area contributed by atoms with Gasteiger partial charge in [0.05, 0.1) is 26.0 Å². The molecule has 1 saturated heterocycles. The molecule has 0 aromatic heterocycles. The maximum absolute atomic E-state index is 5.97. The Bertz CT molecular complexity index is 335. The molecule has 1 fully saturated rings. The summed E-state index contributed by atoms with van der Waals surface area (Å²) in [5.41, 5.74) is 7.71. The Kier molecular flexibility index (Phi) is 2.97. The highest BCUT2D eigenvalue weighted by Gasteiger charge is 2.17. The van der Waals surface area contributed by atoms with Gasteiger partial charge in [0.15, 0.2) is 0 Å². The zero-order valence-corrected chi connectivity index (χ0v) is 8.90. The van der Waals surface area contributed by atoms with Gasteiger partial charge in [0.1, 0.15) is 11.4 Å². The number of nitrogen functional groups attached to an aromatic ring is 1. The molecule has 15 heavy (non-hydrogen) atoms. The standard InChI is InChI=1S/C11H16N2O2/c1-14-10-4-2-3-9(12)11(10)13-5-7-15-8-6-13/h2-4H,5-8,12H2,1H3. The van der Waals surface area contributed by atoms with E-state index < -0.39 is 0 Å². The number of nitrogens with zero attached hydrogens (tertiary/aromatic N) is 1. The maximum Gasteiger partial charge on any atom is 0.144 e. The largest absolute Gasteiger partial charge is 0.495 e. The van der Waals surface area contributed by atoms with Crippen LogP contribution in [0.3, 0.4) is 0 Å². The van der Waals surface area contributed by atoms with Crippen LogP contribution in [0.5, 0.6) is 5.75 Å². The van der Waals surface area contributed by atoms with Gasteiger partial charge in [-0.05, 0) is 12.1 Å². The highest BCUT2D eigenvalue weighted by molar-refractivity contribution is 5.74. The summed E-state index contributed by atoms with van der Waals surface area (Å²) in [7, 11) is 1.67. The van der Waals surface area contributed by atoms with Gasteiger partial charge in [0, 0.05) is 13.1 Å². The number of hydrogen-bond acceptors (Lipinski definition) is 4. The van der Waals surface area contributed by atoms with Crippen molar-refractivity contribution in [2.75, 3.05) is 44.0 Å². The highest BCUT2D eigenvalue weighted by Crippen LogP contribution is 2.34. The van der Waals surface area contributed by atoms with E-state index in [-0.39, 0.29) is 0 Å². The number of rotatable bonds is 2. The van der Waals surface area contributed by atoms with Crippen LogP contribution in [0, 0.1) is 0 Å². The lowest BCUT2D eigenvalue weighted by Gasteiger charge is -2.30. The Labute approximate surface area is 89.6 Å². The fourth-order valence-electron chi connectivity index (χ4n) is 1.83. The molecule has 1 aliphatic rings. The van der Waals surface area contributed by atoms with Crippen molar-refractivity contribution in [3.8, 4) is 5.75 Å². The predicted molar refractivity (Wildman–Crippen MR) is 60.4 cm³/mol. The van der Waals surface area contributed by atoms with Crippen LogP contribution in [0.25, 0.3) is 0 Å². The van der Waals surface area contributed by atoms with Crippen LogP contribution in [-0.2, 0) is 4.74 Å². The molecule has 0 atom stereocenters. The minimum atomic E-state index is 0.748. The van der Waals surface area contributed by atoms with Gasteiger partial charge in [0.25, 0.3) is 0 Å². The molecule has 1 aliphatic heterocycles. The van der Waals surface area contributed by atoms with E-state index in [1.54, 1.807) is 7.11 Å². The van der Waals surface area contributed by atoms with Gasteiger partial charge in [-0.2, -0.15) is 0 Å². The summed E-state index contributed by atoms with van der Waals surface area (Å²) in [4.78, 5) is 2.21. The van der Waals surface area contributed by atoms with Crippen LogP contribution in [0.15, 0.2) is 18.2 Å². The third kappa shape index (κ3) is 1.99. The number of benzene rings is 1. The molecule has 0 radical (unpaired) electrons. The molecule has 0 unspecified atom stereocenters. The summed E-state index contributed by atoms with van der Waals surface area (Å²) in [5.74, 6) is 0.830. The van der Waals surface area contributed by atoms with E-state index in [4.69, 9.17) is 15.2 Å². The van der Waals surface area contributed by atoms with Crippen LogP contribution >= 0.6 is 0 Å². The fraction of sp³-hybridized carbons (Fsp3) is 0.455. The zero-order chi connectivity index (χ0) is 10.7. The average molecular weight is 208 g/mol. The van der Waals surface area contributed by atoms with E-state index >= 15 is 0 Å². The van der Waals surface area contributed by atoms with Crippen molar-refractivity contribution in [2.45, 2.75) is 0 Å². The smallest absolute Gasteiger partial charge is 0.144 e. The van der Waals surface area contributed by atoms with Gasteiger partial charge < -0.3 is 20.1 Å². The van der Waals surface area contributed by atoms with Crippen LogP contribution in [-0.4, -0.2) is 33.4 Å². The Morgan fingerprint density at radius 3 is 2.73 bits per heavy atom. The van der Waals surface area contributed by atoms with Crippen LogP contribution < -0.4 is 15.4 Å². The summed E-state index contributed by atoms with van der Waals surface area (Å²) in [6.45, 7) is 3.23. The van der Waals surface area contributed by atoms with Crippen LogP contribution in [0.4, 0.5) is 11.4 Å². The number of nitrogens with two attached hydrogens (primary N) is 1. The molecule has 4 nitrogen and oxygen atoms in total. The first-order valence-corrected chi connectivity index (χ1v) is 5.08. The number of para-hydroxylation sites is 1. The van der Waals surface area contributed by atoms with Gasteiger partial charge in [-0.15, -0.1) is 0 Å². The van der Waals surface area contributed by atoms with Gasteiger partial charge in [-0.3, -0.25) is 0 Å². The van der Waals surface area contributed by atoms with Gasteiger partial charge >= 0.3 is 0 Å². The second-order valence-corrected chi connectivity index (χ2v) is 3.50. The highest BCUT2D eigenvalue weighted by atomic mass is 16.5. The average Bonchev–Trinajstić information content (AvgIpc) is 2.29. The topological polar surface area (TPSA) is 47.7 Å². The third-order valence-corrected chi connectivity index (χ3v) is 2.58. The zero-order valence-electron chi connectivity index (χ0n) is 8.90. The van der Waals surface area contributed by atoms with E-state index in [2.05, 4.69) is 4.90 Å². The van der Waals surface area contributed by atoms with Crippen LogP contribution in [0.1, 0.15) is 0 Å². The molecule has 1 aromatic rings. The quantitative estimate of drug-likeness (QED) is 0.740. The Balaban J connectivity index is 2.31. The lowest BCUT2D eigenvalue weighted by molar-refractivity contribution is 0.122. The lowest BCUT2D eigenvalue weighted by Crippen LogP contribution is -2.36. The molecule has 0 bridgehead atoms. The first-order chi connectivity index (χ1) is 7.33. The van der Waals surface area contributed by atoms with Crippen molar-refractivity contribution in [1.82, 2.24) is 0 Å². The minimum absolute atomic E-state index is 0.748. The van der Waals surface area contributed by atoms with Crippen molar-refractivity contribution in [3.63, 3.8) is 0 Å². The second kappa shape index (κ2) is 4.40. The summed E-state index contributed by atoms with van der Waals surface area (Å²) in [6, 6.07) is 5.73. The van der Waals surface area contributed by atoms with Gasteiger partial charge in [0.2, 0.25) is 0 Å². The molecule has 1 heterocycles. The Morgan fingerprint density at radius 1 is 1.33 bits per heavy atom. The molecular formula is C11H16N2O2. The number of ether oxygens (including phenoxy) is 2. The minimum Gasteiger partial charge on any atom is -0.495 e. The molecule has 0 amide bonds. The van der Waals surface area contributed by atoms with Crippen molar-refractivity contribution in [2.24, 2.45) is 0 Å². The van der Waals surface area contributed by atoms with Crippen molar-refractivity contribution >= 4 is 11.4 Å². The van der Waals surface area contributed by atoms with Crippen molar-refractivity contribution < 1.29 is 9.47 Å². The summed E-state index contributed by atoms with van der Waals surface area (Å²) < 4.78 is 10.6. The Morgan fingerprint density at radius 2 is 2.07 bits per heavy atom. The van der Waals surface area contributed by atoms with Crippen molar-refractivity contribution in [3.05, 3.63) is 18.2 Å². The summed E-state index contributed by atoms with van der Waals surface area (Å²) >= 11 is 0.